The largest absolute Gasteiger partial charge is 0.361 e. The third-order valence-corrected chi connectivity index (χ3v) is 5.02. The Bertz CT molecular complexity index is 960. The second-order valence-electron chi connectivity index (χ2n) is 6.82. The van der Waals surface area contributed by atoms with Crippen LogP contribution in [0.3, 0.4) is 0 Å². The summed E-state index contributed by atoms with van der Waals surface area (Å²) in [7, 11) is 0. The monoisotopic (exact) mass is 371 g/mol. The molecule has 2 aliphatic heterocycles. The highest BCUT2D eigenvalue weighted by Gasteiger charge is 2.47. The van der Waals surface area contributed by atoms with Crippen LogP contribution in [0.25, 0.3) is 0 Å². The second-order valence-corrected chi connectivity index (χ2v) is 6.82. The topological polar surface area (TPSA) is 82.7 Å². The standard InChI is InChI=1S/C19H18FN3O4/c20-13-3-1-4-14(9-13)23-12-19(27-10-16(23)24)6-8-22(11-19)18(26)15-5-2-7-21-17(15)25/h1-5,7,9H,6,8,10-12H2,(H,21,25). The van der Waals surface area contributed by atoms with E-state index >= 15 is 0 Å². The van der Waals surface area contributed by atoms with Crippen molar-refractivity contribution in [2.24, 2.45) is 0 Å². The van der Waals surface area contributed by atoms with Gasteiger partial charge in [-0.15, -0.1) is 0 Å². The van der Waals surface area contributed by atoms with Crippen LogP contribution in [0, 0.1) is 5.82 Å². The van der Waals surface area contributed by atoms with Gasteiger partial charge in [0.1, 0.15) is 23.6 Å². The van der Waals surface area contributed by atoms with Crippen molar-refractivity contribution in [3.8, 4) is 0 Å². The van der Waals surface area contributed by atoms with Gasteiger partial charge < -0.3 is 19.5 Å². The van der Waals surface area contributed by atoms with Gasteiger partial charge in [0, 0.05) is 18.4 Å². The predicted molar refractivity (Wildman–Crippen MR) is 95.0 cm³/mol. The maximum Gasteiger partial charge on any atom is 0.260 e. The van der Waals surface area contributed by atoms with Gasteiger partial charge in [0.2, 0.25) is 0 Å². The van der Waals surface area contributed by atoms with Gasteiger partial charge in [0.25, 0.3) is 17.4 Å². The molecule has 27 heavy (non-hydrogen) atoms. The first kappa shape index (κ1) is 17.4. The van der Waals surface area contributed by atoms with Crippen LogP contribution in [0.5, 0.6) is 0 Å². The molecule has 2 aliphatic rings. The Balaban J connectivity index is 1.54. The minimum atomic E-state index is -0.725. The molecule has 0 saturated carbocycles. The molecule has 3 heterocycles. The molecule has 0 radical (unpaired) electrons. The summed E-state index contributed by atoms with van der Waals surface area (Å²) >= 11 is 0. The molecule has 1 unspecified atom stereocenters. The number of nitrogens with one attached hydrogen (secondary N) is 1. The molecule has 2 saturated heterocycles. The molecule has 0 bridgehead atoms. The number of anilines is 1. The number of ether oxygens (including phenoxy) is 1. The number of nitrogens with zero attached hydrogens (tertiary/aromatic N) is 2. The fourth-order valence-electron chi connectivity index (χ4n) is 3.62. The van der Waals surface area contributed by atoms with Crippen LogP contribution in [0.15, 0.2) is 47.4 Å². The smallest absolute Gasteiger partial charge is 0.260 e. The van der Waals surface area contributed by atoms with Crippen LogP contribution < -0.4 is 10.5 Å². The number of hydrogen-bond donors (Lipinski definition) is 1. The molecule has 7 nitrogen and oxygen atoms in total. The Kier molecular flexibility index (Phi) is 4.27. The number of hydrogen-bond acceptors (Lipinski definition) is 4. The van der Waals surface area contributed by atoms with E-state index in [1.807, 2.05) is 0 Å². The zero-order chi connectivity index (χ0) is 19.0. The van der Waals surface area contributed by atoms with E-state index in [1.165, 1.54) is 29.3 Å². The van der Waals surface area contributed by atoms with E-state index in [9.17, 15) is 18.8 Å². The SMILES string of the molecule is O=C(c1ccc[nH]c1=O)N1CCC2(C1)CN(c1cccc(F)c1)C(=O)CO2. The average Bonchev–Trinajstić information content (AvgIpc) is 3.08. The Morgan fingerprint density at radius 2 is 2.04 bits per heavy atom. The van der Waals surface area contributed by atoms with Crippen molar-refractivity contribution in [3.05, 3.63) is 64.3 Å². The van der Waals surface area contributed by atoms with Gasteiger partial charge in [-0.1, -0.05) is 6.07 Å². The minimum absolute atomic E-state index is 0.0726. The number of aromatic nitrogens is 1. The lowest BCUT2D eigenvalue weighted by molar-refractivity contribution is -0.137. The number of carbonyl (C=O) groups excluding carboxylic acids is 2. The molecule has 1 aromatic heterocycles. The van der Waals surface area contributed by atoms with E-state index in [4.69, 9.17) is 4.74 Å². The summed E-state index contributed by atoms with van der Waals surface area (Å²) in [6.07, 6.45) is 2.00. The summed E-state index contributed by atoms with van der Waals surface area (Å²) in [4.78, 5) is 42.4. The zero-order valence-corrected chi connectivity index (χ0v) is 14.5. The molecule has 4 rings (SSSR count). The number of amides is 2. The van der Waals surface area contributed by atoms with Crippen LogP contribution in [0.4, 0.5) is 10.1 Å². The number of likely N-dealkylation sites (tertiary alicyclic amines) is 1. The molecule has 1 spiro atoms. The molecule has 8 heteroatoms. The maximum absolute atomic E-state index is 13.6. The molecule has 140 valence electrons. The number of aromatic amines is 1. The first-order chi connectivity index (χ1) is 13.0. The normalized spacial score (nSPS) is 22.5. The molecule has 2 amide bonds. The van der Waals surface area contributed by atoms with Crippen LogP contribution in [-0.4, -0.2) is 53.5 Å². The maximum atomic E-state index is 13.6. The summed E-state index contributed by atoms with van der Waals surface area (Å²) in [6, 6.07) is 8.92. The number of H-pyrrole nitrogens is 1. The minimum Gasteiger partial charge on any atom is -0.361 e. The fraction of sp³-hybridized carbons (Fsp3) is 0.316. The summed E-state index contributed by atoms with van der Waals surface area (Å²) in [5.41, 5.74) is -0.628. The van der Waals surface area contributed by atoms with Gasteiger partial charge in [-0.25, -0.2) is 4.39 Å². The summed E-state index contributed by atoms with van der Waals surface area (Å²) in [6.45, 7) is 0.770. The van der Waals surface area contributed by atoms with Crippen molar-refractivity contribution in [1.82, 2.24) is 9.88 Å². The molecule has 1 aromatic carbocycles. The second kappa shape index (κ2) is 6.62. The van der Waals surface area contributed by atoms with Gasteiger partial charge in [-0.3, -0.25) is 14.4 Å². The van der Waals surface area contributed by atoms with Crippen LogP contribution >= 0.6 is 0 Å². The Morgan fingerprint density at radius 3 is 2.81 bits per heavy atom. The van der Waals surface area contributed by atoms with Gasteiger partial charge >= 0.3 is 0 Å². The van der Waals surface area contributed by atoms with E-state index in [0.717, 1.165) is 0 Å². The summed E-state index contributed by atoms with van der Waals surface area (Å²) < 4.78 is 19.4. The highest BCUT2D eigenvalue weighted by molar-refractivity contribution is 5.96. The molecule has 2 fully saturated rings. The number of carbonyl (C=O) groups is 2. The highest BCUT2D eigenvalue weighted by Crippen LogP contribution is 2.32. The molecule has 0 aliphatic carbocycles. The van der Waals surface area contributed by atoms with E-state index in [-0.39, 0.29) is 37.1 Å². The number of halogens is 1. The zero-order valence-electron chi connectivity index (χ0n) is 14.5. The van der Waals surface area contributed by atoms with Crippen molar-refractivity contribution in [3.63, 3.8) is 0 Å². The number of benzene rings is 1. The highest BCUT2D eigenvalue weighted by atomic mass is 19.1. The van der Waals surface area contributed by atoms with Gasteiger partial charge in [-0.2, -0.15) is 0 Å². The average molecular weight is 371 g/mol. The molecule has 2 aromatic rings. The first-order valence-electron chi connectivity index (χ1n) is 8.64. The Morgan fingerprint density at radius 1 is 1.19 bits per heavy atom. The molecule has 1 atom stereocenters. The molecule has 1 N–H and O–H groups in total. The lowest BCUT2D eigenvalue weighted by atomic mass is 10.00. The fourth-order valence-corrected chi connectivity index (χ4v) is 3.62. The number of pyridine rings is 1. The first-order valence-corrected chi connectivity index (χ1v) is 8.64. The van der Waals surface area contributed by atoms with Crippen LogP contribution in [-0.2, 0) is 9.53 Å². The van der Waals surface area contributed by atoms with Gasteiger partial charge in [-0.05, 0) is 36.8 Å². The van der Waals surface area contributed by atoms with Gasteiger partial charge in [0.15, 0.2) is 0 Å². The van der Waals surface area contributed by atoms with Crippen LogP contribution in [0.1, 0.15) is 16.8 Å². The lowest BCUT2D eigenvalue weighted by Gasteiger charge is -2.40. The van der Waals surface area contributed by atoms with Crippen molar-refractivity contribution in [2.45, 2.75) is 12.0 Å². The van der Waals surface area contributed by atoms with E-state index in [1.54, 1.807) is 23.1 Å². The van der Waals surface area contributed by atoms with Crippen molar-refractivity contribution in [1.29, 1.82) is 0 Å². The summed E-state index contributed by atoms with van der Waals surface area (Å²) in [5.74, 6) is -1.05. The third-order valence-electron chi connectivity index (χ3n) is 5.02. The quantitative estimate of drug-likeness (QED) is 0.859. The number of morpholine rings is 1. The Hall–Kier alpha value is -3.00. The molecular formula is C19H18FN3O4. The van der Waals surface area contributed by atoms with Gasteiger partial charge in [0.05, 0.1) is 13.1 Å². The third kappa shape index (κ3) is 3.23. The van der Waals surface area contributed by atoms with E-state index < -0.39 is 17.0 Å². The predicted octanol–water partition coefficient (Wildman–Crippen LogP) is 1.16. The van der Waals surface area contributed by atoms with E-state index in [2.05, 4.69) is 4.98 Å². The Labute approximate surface area is 154 Å². The van der Waals surface area contributed by atoms with Crippen molar-refractivity contribution < 1.29 is 18.7 Å². The van der Waals surface area contributed by atoms with Crippen molar-refractivity contribution in [2.75, 3.05) is 31.1 Å². The summed E-state index contributed by atoms with van der Waals surface area (Å²) in [5, 5.41) is 0. The van der Waals surface area contributed by atoms with Crippen molar-refractivity contribution >= 4 is 17.5 Å². The molecular weight excluding hydrogens is 353 g/mol. The number of rotatable bonds is 2. The van der Waals surface area contributed by atoms with Crippen LogP contribution in [0.2, 0.25) is 0 Å². The van der Waals surface area contributed by atoms with E-state index in [0.29, 0.717) is 18.7 Å². The lowest BCUT2D eigenvalue weighted by Crippen LogP contribution is -2.56.